The van der Waals surface area contributed by atoms with Gasteiger partial charge in [0.25, 0.3) is 0 Å². The van der Waals surface area contributed by atoms with Gasteiger partial charge in [0.1, 0.15) is 0 Å². The normalized spacial score (nSPS) is 11.8. The highest BCUT2D eigenvalue weighted by atomic mass is 14.9. The van der Waals surface area contributed by atoms with Crippen molar-refractivity contribution in [3.8, 4) is 22.8 Å². The smallest absolute Gasteiger partial charge is 0.159 e. The molecule has 0 fully saturated rings. The number of rotatable bonds is 4. The molecule has 4 heteroatoms. The quantitative estimate of drug-likeness (QED) is 0.661. The molecule has 0 aliphatic heterocycles. The average Bonchev–Trinajstić information content (AvgIpc) is 2.67. The number of aromatic nitrogens is 4. The molecule has 3 rings (SSSR count). The second kappa shape index (κ2) is 7.42. The zero-order chi connectivity index (χ0) is 16.8. The summed E-state index contributed by atoms with van der Waals surface area (Å²) in [7, 11) is 0. The molecular formula is C20H18N4. The number of hydrogen-bond donors (Lipinski definition) is 0. The van der Waals surface area contributed by atoms with Gasteiger partial charge in [-0.25, -0.2) is 19.9 Å². The lowest BCUT2D eigenvalue weighted by Gasteiger charge is -2.09. The van der Waals surface area contributed by atoms with E-state index in [0.29, 0.717) is 11.6 Å². The van der Waals surface area contributed by atoms with Gasteiger partial charge in [0.05, 0.1) is 0 Å². The fraction of sp³-hybridized carbons (Fsp3) is 0.100. The van der Waals surface area contributed by atoms with Gasteiger partial charge in [-0.15, -0.1) is 0 Å². The summed E-state index contributed by atoms with van der Waals surface area (Å²) in [6, 6.07) is 9.84. The molecule has 0 unspecified atom stereocenters. The van der Waals surface area contributed by atoms with E-state index >= 15 is 0 Å². The predicted octanol–water partition coefficient (Wildman–Crippen LogP) is 4.58. The van der Waals surface area contributed by atoms with Gasteiger partial charge in [-0.05, 0) is 55.3 Å². The molecule has 3 aromatic rings. The molecule has 0 aliphatic rings. The fourth-order valence-electron chi connectivity index (χ4n) is 2.49. The SMILES string of the molecule is CC=CC(=CC)c1cc(-c2ncccn2)cc(-c2ncccn2)c1. The summed E-state index contributed by atoms with van der Waals surface area (Å²) >= 11 is 0. The summed E-state index contributed by atoms with van der Waals surface area (Å²) in [4.78, 5) is 17.5. The van der Waals surface area contributed by atoms with Gasteiger partial charge < -0.3 is 0 Å². The summed E-state index contributed by atoms with van der Waals surface area (Å²) < 4.78 is 0. The van der Waals surface area contributed by atoms with Crippen molar-refractivity contribution in [2.45, 2.75) is 13.8 Å². The van der Waals surface area contributed by atoms with Gasteiger partial charge in [0, 0.05) is 35.9 Å². The third kappa shape index (κ3) is 3.43. The molecule has 0 bridgehead atoms. The molecule has 4 nitrogen and oxygen atoms in total. The summed E-state index contributed by atoms with van der Waals surface area (Å²) in [6.45, 7) is 4.04. The van der Waals surface area contributed by atoms with Crippen LogP contribution in [0.1, 0.15) is 19.4 Å². The lowest BCUT2D eigenvalue weighted by atomic mass is 9.98. The van der Waals surface area contributed by atoms with Crippen LogP contribution in [0.5, 0.6) is 0 Å². The van der Waals surface area contributed by atoms with Crippen LogP contribution < -0.4 is 0 Å². The van der Waals surface area contributed by atoms with E-state index in [9.17, 15) is 0 Å². The van der Waals surface area contributed by atoms with Crippen molar-refractivity contribution in [1.82, 2.24) is 19.9 Å². The van der Waals surface area contributed by atoms with Crippen molar-refractivity contribution >= 4 is 5.57 Å². The molecule has 0 aliphatic carbocycles. The zero-order valence-corrected chi connectivity index (χ0v) is 13.7. The Balaban J connectivity index is 2.20. The lowest BCUT2D eigenvalue weighted by Crippen LogP contribution is -1.93. The van der Waals surface area contributed by atoms with Crippen molar-refractivity contribution in [1.29, 1.82) is 0 Å². The first-order chi connectivity index (χ1) is 11.8. The van der Waals surface area contributed by atoms with Crippen molar-refractivity contribution in [2.75, 3.05) is 0 Å². The van der Waals surface area contributed by atoms with E-state index in [-0.39, 0.29) is 0 Å². The Labute approximate surface area is 141 Å². The molecule has 24 heavy (non-hydrogen) atoms. The molecular weight excluding hydrogens is 296 g/mol. The van der Waals surface area contributed by atoms with Crippen LogP contribution in [0.2, 0.25) is 0 Å². The minimum Gasteiger partial charge on any atom is -0.237 e. The van der Waals surface area contributed by atoms with Crippen LogP contribution in [-0.4, -0.2) is 19.9 Å². The van der Waals surface area contributed by atoms with Crippen LogP contribution in [0.25, 0.3) is 28.3 Å². The van der Waals surface area contributed by atoms with Gasteiger partial charge in [0.15, 0.2) is 11.6 Å². The molecule has 0 atom stereocenters. The minimum absolute atomic E-state index is 0.687. The van der Waals surface area contributed by atoms with Crippen LogP contribution in [0, 0.1) is 0 Å². The molecule has 118 valence electrons. The van der Waals surface area contributed by atoms with E-state index in [0.717, 1.165) is 22.3 Å². The Kier molecular flexibility index (Phi) is 4.87. The number of nitrogens with zero attached hydrogens (tertiary/aromatic N) is 4. The molecule has 0 spiro atoms. The standard InChI is InChI=1S/C20H18N4/c1-3-7-15(4-2)16-12-17(19-21-8-5-9-22-19)14-18(13-16)20-23-10-6-11-24-20/h3-14H,1-2H3. The van der Waals surface area contributed by atoms with Crippen LogP contribution in [0.3, 0.4) is 0 Å². The van der Waals surface area contributed by atoms with Crippen LogP contribution >= 0.6 is 0 Å². The van der Waals surface area contributed by atoms with Crippen LogP contribution in [0.15, 0.2) is 73.3 Å². The molecule has 0 saturated heterocycles. The molecule has 0 saturated carbocycles. The van der Waals surface area contributed by atoms with E-state index < -0.39 is 0 Å². The Bertz CT molecular complexity index is 811. The molecule has 0 radical (unpaired) electrons. The van der Waals surface area contributed by atoms with Crippen molar-refractivity contribution in [3.05, 3.63) is 78.9 Å². The Morgan fingerprint density at radius 2 is 1.25 bits per heavy atom. The molecule has 1 aromatic carbocycles. The monoisotopic (exact) mass is 314 g/mol. The third-order valence-corrected chi connectivity index (χ3v) is 3.57. The highest BCUT2D eigenvalue weighted by Gasteiger charge is 2.10. The lowest BCUT2D eigenvalue weighted by molar-refractivity contribution is 1.16. The average molecular weight is 314 g/mol. The van der Waals surface area contributed by atoms with Gasteiger partial charge in [-0.1, -0.05) is 18.2 Å². The maximum atomic E-state index is 4.37. The Morgan fingerprint density at radius 3 is 1.67 bits per heavy atom. The number of hydrogen-bond acceptors (Lipinski definition) is 4. The van der Waals surface area contributed by atoms with E-state index in [4.69, 9.17) is 0 Å². The van der Waals surface area contributed by atoms with E-state index in [1.165, 1.54) is 0 Å². The van der Waals surface area contributed by atoms with E-state index in [1.807, 2.05) is 38.1 Å². The molecule has 2 heterocycles. The molecule has 0 N–H and O–H groups in total. The maximum absolute atomic E-state index is 4.37. The summed E-state index contributed by atoms with van der Waals surface area (Å²) in [5, 5.41) is 0. The topological polar surface area (TPSA) is 51.6 Å². The summed E-state index contributed by atoms with van der Waals surface area (Å²) in [6.07, 6.45) is 13.2. The summed E-state index contributed by atoms with van der Waals surface area (Å²) in [5.41, 5.74) is 4.11. The zero-order valence-electron chi connectivity index (χ0n) is 13.7. The Morgan fingerprint density at radius 1 is 0.750 bits per heavy atom. The first kappa shape index (κ1) is 15.7. The molecule has 2 aromatic heterocycles. The van der Waals surface area contributed by atoms with Crippen LogP contribution in [0.4, 0.5) is 0 Å². The first-order valence-electron chi connectivity index (χ1n) is 7.81. The molecule has 0 amide bonds. The number of allylic oxidation sites excluding steroid dienone is 4. The fourth-order valence-corrected chi connectivity index (χ4v) is 2.49. The second-order valence-corrected chi connectivity index (χ2v) is 5.19. The maximum Gasteiger partial charge on any atom is 0.159 e. The van der Waals surface area contributed by atoms with E-state index in [2.05, 4.69) is 44.2 Å². The highest BCUT2D eigenvalue weighted by Crippen LogP contribution is 2.28. The second-order valence-electron chi connectivity index (χ2n) is 5.19. The van der Waals surface area contributed by atoms with Crippen molar-refractivity contribution in [3.63, 3.8) is 0 Å². The van der Waals surface area contributed by atoms with E-state index in [1.54, 1.807) is 24.8 Å². The largest absolute Gasteiger partial charge is 0.237 e. The van der Waals surface area contributed by atoms with Crippen LogP contribution in [-0.2, 0) is 0 Å². The minimum atomic E-state index is 0.687. The van der Waals surface area contributed by atoms with Crippen molar-refractivity contribution in [2.24, 2.45) is 0 Å². The number of benzene rings is 1. The van der Waals surface area contributed by atoms with Gasteiger partial charge in [0.2, 0.25) is 0 Å². The first-order valence-corrected chi connectivity index (χ1v) is 7.81. The predicted molar refractivity (Wildman–Crippen MR) is 97.0 cm³/mol. The van der Waals surface area contributed by atoms with Gasteiger partial charge in [-0.3, -0.25) is 0 Å². The van der Waals surface area contributed by atoms with Crippen molar-refractivity contribution < 1.29 is 0 Å². The Hall–Kier alpha value is -3.14. The van der Waals surface area contributed by atoms with Gasteiger partial charge in [-0.2, -0.15) is 0 Å². The summed E-state index contributed by atoms with van der Waals surface area (Å²) in [5.74, 6) is 1.37. The van der Waals surface area contributed by atoms with Gasteiger partial charge >= 0.3 is 0 Å². The highest BCUT2D eigenvalue weighted by molar-refractivity contribution is 5.80. The third-order valence-electron chi connectivity index (χ3n) is 3.57.